The highest BCUT2D eigenvalue weighted by atomic mass is 16.5. The van der Waals surface area contributed by atoms with Crippen molar-refractivity contribution in [2.45, 2.75) is 19.6 Å². The SMILES string of the molecule is COc1cc2c(cc1OCc1ccccc1)CNCC2.O=CO. The van der Waals surface area contributed by atoms with Crippen molar-refractivity contribution >= 4 is 6.47 Å². The Balaban J connectivity index is 0.000000595. The van der Waals surface area contributed by atoms with Crippen molar-refractivity contribution in [2.24, 2.45) is 0 Å². The Labute approximate surface area is 135 Å². The maximum atomic E-state index is 8.36. The lowest BCUT2D eigenvalue weighted by Crippen LogP contribution is -2.23. The lowest BCUT2D eigenvalue weighted by atomic mass is 10.0. The summed E-state index contributed by atoms with van der Waals surface area (Å²) in [6.45, 7) is 2.24. The normalized spacial score (nSPS) is 12.4. The van der Waals surface area contributed by atoms with Crippen LogP contribution >= 0.6 is 0 Å². The van der Waals surface area contributed by atoms with E-state index in [1.54, 1.807) is 7.11 Å². The number of hydrogen-bond donors (Lipinski definition) is 2. The van der Waals surface area contributed by atoms with Crippen LogP contribution in [-0.2, 0) is 24.4 Å². The van der Waals surface area contributed by atoms with Gasteiger partial charge in [0.05, 0.1) is 7.11 Å². The minimum absolute atomic E-state index is 0.250. The van der Waals surface area contributed by atoms with E-state index in [1.165, 1.54) is 11.1 Å². The number of carboxylic acid groups (broad SMARTS) is 1. The molecule has 0 bridgehead atoms. The van der Waals surface area contributed by atoms with Crippen LogP contribution < -0.4 is 14.8 Å². The molecule has 3 rings (SSSR count). The second-order valence-corrected chi connectivity index (χ2v) is 5.08. The molecule has 0 saturated carbocycles. The Kier molecular flexibility index (Phi) is 6.44. The van der Waals surface area contributed by atoms with Gasteiger partial charge in [-0.1, -0.05) is 30.3 Å². The molecule has 0 aromatic heterocycles. The first-order valence-corrected chi connectivity index (χ1v) is 7.43. The zero-order chi connectivity index (χ0) is 16.5. The lowest BCUT2D eigenvalue weighted by molar-refractivity contribution is -0.122. The van der Waals surface area contributed by atoms with Crippen LogP contribution in [0.2, 0.25) is 0 Å². The van der Waals surface area contributed by atoms with Gasteiger partial charge in [-0.05, 0) is 41.8 Å². The van der Waals surface area contributed by atoms with E-state index in [2.05, 4.69) is 29.6 Å². The van der Waals surface area contributed by atoms with Gasteiger partial charge < -0.3 is 19.9 Å². The zero-order valence-corrected chi connectivity index (χ0v) is 13.1. The van der Waals surface area contributed by atoms with Crippen LogP contribution in [-0.4, -0.2) is 25.2 Å². The van der Waals surface area contributed by atoms with Crippen molar-refractivity contribution in [3.63, 3.8) is 0 Å². The van der Waals surface area contributed by atoms with Gasteiger partial charge in [-0.3, -0.25) is 4.79 Å². The Hall–Kier alpha value is -2.53. The smallest absolute Gasteiger partial charge is 0.290 e. The Morgan fingerprint density at radius 2 is 1.87 bits per heavy atom. The third kappa shape index (κ3) is 4.72. The van der Waals surface area contributed by atoms with Crippen molar-refractivity contribution in [1.82, 2.24) is 5.32 Å². The minimum atomic E-state index is -0.250. The summed E-state index contributed by atoms with van der Waals surface area (Å²) < 4.78 is 11.4. The summed E-state index contributed by atoms with van der Waals surface area (Å²) in [5.41, 5.74) is 3.82. The van der Waals surface area contributed by atoms with Crippen LogP contribution in [0, 0.1) is 0 Å². The Morgan fingerprint density at radius 3 is 2.57 bits per heavy atom. The van der Waals surface area contributed by atoms with Crippen LogP contribution in [0.4, 0.5) is 0 Å². The van der Waals surface area contributed by atoms with E-state index in [1.807, 2.05) is 18.2 Å². The molecule has 0 unspecified atom stereocenters. The van der Waals surface area contributed by atoms with Gasteiger partial charge in [-0.25, -0.2) is 0 Å². The summed E-state index contributed by atoms with van der Waals surface area (Å²) in [6, 6.07) is 14.4. The molecule has 0 atom stereocenters. The average molecular weight is 315 g/mol. The van der Waals surface area contributed by atoms with E-state index in [0.717, 1.165) is 36.6 Å². The predicted octanol–water partition coefficient (Wildman–Crippen LogP) is 2.62. The van der Waals surface area contributed by atoms with Gasteiger partial charge in [-0.15, -0.1) is 0 Å². The quantitative estimate of drug-likeness (QED) is 0.849. The molecule has 5 heteroatoms. The molecule has 0 aliphatic carbocycles. The van der Waals surface area contributed by atoms with Crippen LogP contribution in [0.15, 0.2) is 42.5 Å². The van der Waals surface area contributed by atoms with Gasteiger partial charge in [-0.2, -0.15) is 0 Å². The fourth-order valence-electron chi connectivity index (χ4n) is 2.50. The summed E-state index contributed by atoms with van der Waals surface area (Å²) in [7, 11) is 1.69. The van der Waals surface area contributed by atoms with Gasteiger partial charge in [0.15, 0.2) is 11.5 Å². The van der Waals surface area contributed by atoms with E-state index < -0.39 is 0 Å². The molecular weight excluding hydrogens is 294 g/mol. The maximum absolute atomic E-state index is 8.36. The summed E-state index contributed by atoms with van der Waals surface area (Å²) >= 11 is 0. The van der Waals surface area contributed by atoms with Gasteiger partial charge in [0, 0.05) is 6.54 Å². The van der Waals surface area contributed by atoms with Gasteiger partial charge in [0.25, 0.3) is 6.47 Å². The molecule has 23 heavy (non-hydrogen) atoms. The van der Waals surface area contributed by atoms with E-state index in [-0.39, 0.29) is 6.47 Å². The molecule has 0 radical (unpaired) electrons. The third-order valence-electron chi connectivity index (χ3n) is 3.61. The van der Waals surface area contributed by atoms with Crippen molar-refractivity contribution in [3.05, 3.63) is 59.2 Å². The molecule has 1 heterocycles. The van der Waals surface area contributed by atoms with Crippen molar-refractivity contribution in [2.75, 3.05) is 13.7 Å². The second kappa shape index (κ2) is 8.80. The molecule has 0 amide bonds. The average Bonchev–Trinajstić information content (AvgIpc) is 2.60. The first-order valence-electron chi connectivity index (χ1n) is 7.43. The number of ether oxygens (including phenoxy) is 2. The molecule has 0 fully saturated rings. The third-order valence-corrected chi connectivity index (χ3v) is 3.61. The molecule has 122 valence electrons. The summed E-state index contributed by atoms with van der Waals surface area (Å²) in [6.07, 6.45) is 1.05. The van der Waals surface area contributed by atoms with Crippen LogP contribution in [0.3, 0.4) is 0 Å². The first kappa shape index (κ1) is 16.8. The van der Waals surface area contributed by atoms with Gasteiger partial charge in [0.2, 0.25) is 0 Å². The summed E-state index contributed by atoms with van der Waals surface area (Å²) in [5, 5.41) is 10.3. The minimum Gasteiger partial charge on any atom is -0.493 e. The van der Waals surface area contributed by atoms with E-state index in [0.29, 0.717) is 6.61 Å². The van der Waals surface area contributed by atoms with Crippen LogP contribution in [0.5, 0.6) is 11.5 Å². The number of rotatable bonds is 4. The number of fused-ring (bicyclic) bond motifs is 1. The molecule has 1 aliphatic rings. The maximum Gasteiger partial charge on any atom is 0.290 e. The molecule has 2 aromatic carbocycles. The zero-order valence-electron chi connectivity index (χ0n) is 13.1. The van der Waals surface area contributed by atoms with E-state index >= 15 is 0 Å². The largest absolute Gasteiger partial charge is 0.493 e. The van der Waals surface area contributed by atoms with Crippen molar-refractivity contribution < 1.29 is 19.4 Å². The molecule has 2 aromatic rings. The molecule has 0 spiro atoms. The highest BCUT2D eigenvalue weighted by Crippen LogP contribution is 2.32. The fourth-order valence-corrected chi connectivity index (χ4v) is 2.50. The topological polar surface area (TPSA) is 67.8 Å². The molecular formula is C18H21NO4. The van der Waals surface area contributed by atoms with E-state index in [4.69, 9.17) is 19.4 Å². The lowest BCUT2D eigenvalue weighted by Gasteiger charge is -2.20. The number of benzene rings is 2. The van der Waals surface area contributed by atoms with Gasteiger partial charge in [0.1, 0.15) is 6.61 Å². The van der Waals surface area contributed by atoms with Crippen molar-refractivity contribution in [1.29, 1.82) is 0 Å². The summed E-state index contributed by atoms with van der Waals surface area (Å²) in [5.74, 6) is 1.64. The standard InChI is InChI=1S/C17H19NO2.CH2O2/c1-19-16-9-14-7-8-18-11-15(14)10-17(16)20-12-13-5-3-2-4-6-13;2-1-3/h2-6,9-10,18H,7-8,11-12H2,1H3;1H,(H,2,3). The Bertz CT molecular complexity index is 628. The number of hydrogen-bond acceptors (Lipinski definition) is 4. The van der Waals surface area contributed by atoms with E-state index in [9.17, 15) is 0 Å². The molecule has 2 N–H and O–H groups in total. The van der Waals surface area contributed by atoms with Gasteiger partial charge >= 0.3 is 0 Å². The number of methoxy groups -OCH3 is 1. The first-order chi connectivity index (χ1) is 11.3. The molecule has 0 saturated heterocycles. The van der Waals surface area contributed by atoms with Crippen molar-refractivity contribution in [3.8, 4) is 11.5 Å². The Morgan fingerprint density at radius 1 is 1.17 bits per heavy atom. The molecule has 5 nitrogen and oxygen atoms in total. The van der Waals surface area contributed by atoms with Crippen LogP contribution in [0.25, 0.3) is 0 Å². The highest BCUT2D eigenvalue weighted by Gasteiger charge is 2.14. The highest BCUT2D eigenvalue weighted by molar-refractivity contribution is 5.48. The number of nitrogens with one attached hydrogen (secondary N) is 1. The monoisotopic (exact) mass is 315 g/mol. The summed E-state index contributed by atoms with van der Waals surface area (Å²) in [4.78, 5) is 8.36. The van der Waals surface area contributed by atoms with Crippen LogP contribution in [0.1, 0.15) is 16.7 Å². The second-order valence-electron chi connectivity index (χ2n) is 5.08. The molecule has 1 aliphatic heterocycles. The fraction of sp³-hybridized carbons (Fsp3) is 0.278. The predicted molar refractivity (Wildman–Crippen MR) is 87.9 cm³/mol. The number of carbonyl (C=O) groups is 1.